The number of hydrogen-bond acceptors (Lipinski definition) is 4. The van der Waals surface area contributed by atoms with Crippen LogP contribution in [0.15, 0.2) is 22.6 Å². The Balaban J connectivity index is 2.14. The van der Waals surface area contributed by atoms with E-state index in [-0.39, 0.29) is 16.5 Å². The third kappa shape index (κ3) is 2.85. The molecule has 0 fully saturated rings. The van der Waals surface area contributed by atoms with Crippen LogP contribution in [0.2, 0.25) is 0 Å². The van der Waals surface area contributed by atoms with Gasteiger partial charge in [0.15, 0.2) is 5.76 Å². The molecule has 19 heavy (non-hydrogen) atoms. The maximum absolute atomic E-state index is 11.9. The van der Waals surface area contributed by atoms with E-state index in [9.17, 15) is 9.59 Å². The molecule has 6 heteroatoms. The van der Waals surface area contributed by atoms with Crippen molar-refractivity contribution in [2.75, 3.05) is 5.32 Å². The van der Waals surface area contributed by atoms with Crippen LogP contribution < -0.4 is 5.32 Å². The van der Waals surface area contributed by atoms with Crippen molar-refractivity contribution in [1.29, 1.82) is 0 Å². The van der Waals surface area contributed by atoms with Crippen LogP contribution >= 0.6 is 11.3 Å². The lowest BCUT2D eigenvalue weighted by molar-refractivity contribution is 0.0701. The minimum atomic E-state index is -0.991. The molecule has 0 radical (unpaired) electrons. The highest BCUT2D eigenvalue weighted by Crippen LogP contribution is 2.27. The zero-order valence-corrected chi connectivity index (χ0v) is 11.3. The van der Waals surface area contributed by atoms with Crippen molar-refractivity contribution in [3.8, 4) is 0 Å². The molecule has 0 aliphatic heterocycles. The summed E-state index contributed by atoms with van der Waals surface area (Å²) in [7, 11) is 0. The quantitative estimate of drug-likeness (QED) is 0.901. The molecule has 2 aromatic heterocycles. The van der Waals surface area contributed by atoms with Gasteiger partial charge in [-0.1, -0.05) is 6.92 Å². The summed E-state index contributed by atoms with van der Waals surface area (Å²) in [5, 5.41) is 12.1. The number of aryl methyl sites for hydroxylation is 2. The zero-order chi connectivity index (χ0) is 14.0. The number of amides is 1. The second-order valence-electron chi connectivity index (χ2n) is 4.00. The molecule has 0 aliphatic rings. The molecule has 0 saturated carbocycles. The van der Waals surface area contributed by atoms with E-state index in [0.29, 0.717) is 17.0 Å². The van der Waals surface area contributed by atoms with E-state index in [1.165, 1.54) is 0 Å². The van der Waals surface area contributed by atoms with Gasteiger partial charge in [-0.05, 0) is 30.7 Å². The normalized spacial score (nSPS) is 10.4. The van der Waals surface area contributed by atoms with Gasteiger partial charge in [0, 0.05) is 6.42 Å². The average Bonchev–Trinajstić information content (AvgIpc) is 2.95. The smallest absolute Gasteiger partial charge is 0.346 e. The van der Waals surface area contributed by atoms with Crippen LogP contribution in [0.5, 0.6) is 0 Å². The Morgan fingerprint density at radius 1 is 1.42 bits per heavy atom. The number of nitrogens with one attached hydrogen (secondary N) is 1. The average molecular weight is 279 g/mol. The first kappa shape index (κ1) is 13.4. The minimum Gasteiger partial charge on any atom is -0.477 e. The van der Waals surface area contributed by atoms with Crippen molar-refractivity contribution in [3.05, 3.63) is 40.2 Å². The SMILES string of the molecule is CCc1ccc(C(=O)Nc2cc(C)c(C(=O)O)s2)o1. The molecule has 0 unspecified atom stereocenters. The van der Waals surface area contributed by atoms with Gasteiger partial charge in [0.05, 0.1) is 5.00 Å². The molecule has 1 amide bonds. The lowest BCUT2D eigenvalue weighted by Gasteiger charge is -1.98. The molecule has 0 bridgehead atoms. The first-order valence-electron chi connectivity index (χ1n) is 5.75. The second kappa shape index (κ2) is 5.27. The maximum Gasteiger partial charge on any atom is 0.346 e. The molecule has 0 aromatic carbocycles. The second-order valence-corrected chi connectivity index (χ2v) is 5.05. The monoisotopic (exact) mass is 279 g/mol. The summed E-state index contributed by atoms with van der Waals surface area (Å²) >= 11 is 1.03. The van der Waals surface area contributed by atoms with Crippen molar-refractivity contribution in [1.82, 2.24) is 0 Å². The van der Waals surface area contributed by atoms with Crippen LogP contribution in [-0.4, -0.2) is 17.0 Å². The van der Waals surface area contributed by atoms with E-state index in [1.54, 1.807) is 25.1 Å². The molecule has 0 saturated heterocycles. The number of aromatic carboxylic acids is 1. The van der Waals surface area contributed by atoms with Crippen LogP contribution in [0.3, 0.4) is 0 Å². The van der Waals surface area contributed by atoms with Crippen molar-refractivity contribution in [3.63, 3.8) is 0 Å². The maximum atomic E-state index is 11.9. The minimum absolute atomic E-state index is 0.222. The van der Waals surface area contributed by atoms with Crippen LogP contribution in [0.25, 0.3) is 0 Å². The van der Waals surface area contributed by atoms with E-state index >= 15 is 0 Å². The molecule has 0 spiro atoms. The van der Waals surface area contributed by atoms with Crippen molar-refractivity contribution >= 4 is 28.2 Å². The third-order valence-corrected chi connectivity index (χ3v) is 3.72. The van der Waals surface area contributed by atoms with E-state index < -0.39 is 5.97 Å². The Hall–Kier alpha value is -2.08. The van der Waals surface area contributed by atoms with Crippen LogP contribution in [-0.2, 0) is 6.42 Å². The van der Waals surface area contributed by atoms with E-state index in [0.717, 1.165) is 17.1 Å². The fraction of sp³-hybridized carbons (Fsp3) is 0.231. The highest BCUT2D eigenvalue weighted by atomic mass is 32.1. The first-order chi connectivity index (χ1) is 9.01. The van der Waals surface area contributed by atoms with Gasteiger partial charge in [-0.2, -0.15) is 0 Å². The lowest BCUT2D eigenvalue weighted by atomic mass is 10.3. The largest absolute Gasteiger partial charge is 0.477 e. The predicted octanol–water partition coefficient (Wildman–Crippen LogP) is 3.16. The van der Waals surface area contributed by atoms with Gasteiger partial charge in [-0.15, -0.1) is 11.3 Å². The molecule has 2 heterocycles. The van der Waals surface area contributed by atoms with E-state index in [4.69, 9.17) is 9.52 Å². The Morgan fingerprint density at radius 2 is 2.16 bits per heavy atom. The van der Waals surface area contributed by atoms with Gasteiger partial charge in [0.25, 0.3) is 5.91 Å². The highest BCUT2D eigenvalue weighted by Gasteiger charge is 2.16. The molecule has 0 atom stereocenters. The molecule has 2 aromatic rings. The summed E-state index contributed by atoms with van der Waals surface area (Å²) in [6, 6.07) is 4.99. The summed E-state index contributed by atoms with van der Waals surface area (Å²) in [5.41, 5.74) is 0.626. The molecule has 2 rings (SSSR count). The van der Waals surface area contributed by atoms with E-state index in [2.05, 4.69) is 5.32 Å². The zero-order valence-electron chi connectivity index (χ0n) is 10.5. The van der Waals surface area contributed by atoms with Crippen molar-refractivity contribution < 1.29 is 19.1 Å². The van der Waals surface area contributed by atoms with E-state index in [1.807, 2.05) is 6.92 Å². The Kier molecular flexibility index (Phi) is 3.71. The number of carboxylic acid groups (broad SMARTS) is 1. The summed E-state index contributed by atoms with van der Waals surface area (Å²) in [6.07, 6.45) is 0.717. The summed E-state index contributed by atoms with van der Waals surface area (Å²) < 4.78 is 5.33. The molecular formula is C13H13NO4S. The third-order valence-electron chi connectivity index (χ3n) is 2.58. The number of anilines is 1. The molecular weight excluding hydrogens is 266 g/mol. The standard InChI is InChI=1S/C13H13NO4S/c1-3-8-4-5-9(18-8)12(15)14-10-6-7(2)11(19-10)13(16)17/h4-6H,3H2,1-2H3,(H,14,15)(H,16,17). The van der Waals surface area contributed by atoms with Gasteiger partial charge >= 0.3 is 5.97 Å². The predicted molar refractivity (Wildman–Crippen MR) is 72.1 cm³/mol. The van der Waals surface area contributed by atoms with Gasteiger partial charge in [0.2, 0.25) is 0 Å². The number of furan rings is 1. The Labute approximate surface area is 113 Å². The van der Waals surface area contributed by atoms with Crippen LogP contribution in [0.4, 0.5) is 5.00 Å². The lowest BCUT2D eigenvalue weighted by Crippen LogP contribution is -2.09. The van der Waals surface area contributed by atoms with Gasteiger partial charge in [0.1, 0.15) is 10.6 Å². The van der Waals surface area contributed by atoms with Crippen LogP contribution in [0.1, 0.15) is 38.5 Å². The number of carbonyl (C=O) groups is 2. The number of carboxylic acids is 1. The number of rotatable bonds is 4. The first-order valence-corrected chi connectivity index (χ1v) is 6.56. The molecule has 2 N–H and O–H groups in total. The van der Waals surface area contributed by atoms with Crippen molar-refractivity contribution in [2.24, 2.45) is 0 Å². The van der Waals surface area contributed by atoms with Crippen LogP contribution in [0, 0.1) is 6.92 Å². The van der Waals surface area contributed by atoms with Gasteiger partial charge < -0.3 is 14.8 Å². The van der Waals surface area contributed by atoms with Gasteiger partial charge in [-0.25, -0.2) is 4.79 Å². The summed E-state index contributed by atoms with van der Waals surface area (Å²) in [5.74, 6) is -0.411. The number of carbonyl (C=O) groups excluding carboxylic acids is 1. The summed E-state index contributed by atoms with van der Waals surface area (Å²) in [4.78, 5) is 23.0. The number of thiophene rings is 1. The highest BCUT2D eigenvalue weighted by molar-refractivity contribution is 7.18. The Morgan fingerprint density at radius 3 is 2.68 bits per heavy atom. The fourth-order valence-corrected chi connectivity index (χ4v) is 2.53. The Bertz CT molecular complexity index is 626. The van der Waals surface area contributed by atoms with Crippen molar-refractivity contribution in [2.45, 2.75) is 20.3 Å². The van der Waals surface area contributed by atoms with Gasteiger partial charge in [-0.3, -0.25) is 4.79 Å². The molecule has 100 valence electrons. The topological polar surface area (TPSA) is 79.5 Å². The molecule has 5 nitrogen and oxygen atoms in total. The number of hydrogen-bond donors (Lipinski definition) is 2. The fourth-order valence-electron chi connectivity index (χ4n) is 1.62. The summed E-state index contributed by atoms with van der Waals surface area (Å²) in [6.45, 7) is 3.62. The molecule has 0 aliphatic carbocycles.